The Hall–Kier alpha value is -1.45. The predicted molar refractivity (Wildman–Crippen MR) is 64.4 cm³/mol. The lowest BCUT2D eigenvalue weighted by Crippen LogP contribution is -2.03. The molecule has 1 N–H and O–H groups in total. The molecule has 88 valence electrons. The lowest BCUT2D eigenvalue weighted by Gasteiger charge is -2.15. The van der Waals surface area contributed by atoms with Gasteiger partial charge in [0.05, 0.1) is 0 Å². The number of pyridine rings is 1. The zero-order valence-corrected chi connectivity index (χ0v) is 9.95. The van der Waals surface area contributed by atoms with Crippen LogP contribution in [-0.2, 0) is 0 Å². The number of nitrogens with zero attached hydrogens (tertiary/aromatic N) is 1. The van der Waals surface area contributed by atoms with Crippen LogP contribution in [-0.4, -0.2) is 10.1 Å². The number of aromatic nitrogens is 1. The lowest BCUT2D eigenvalue weighted by molar-refractivity contribution is 0.219. The number of halogens is 2. The van der Waals surface area contributed by atoms with Gasteiger partial charge in [-0.3, -0.25) is 4.98 Å². The first-order valence-electron chi connectivity index (χ1n) is 5.13. The van der Waals surface area contributed by atoms with Crippen LogP contribution >= 0.6 is 11.6 Å². The van der Waals surface area contributed by atoms with Crippen LogP contribution in [0.3, 0.4) is 0 Å². The van der Waals surface area contributed by atoms with Crippen LogP contribution in [0.5, 0.6) is 0 Å². The van der Waals surface area contributed by atoms with Crippen LogP contribution < -0.4 is 0 Å². The van der Waals surface area contributed by atoms with Crippen molar-refractivity contribution in [1.29, 1.82) is 0 Å². The maximum Gasteiger partial charge on any atom is 0.123 e. The van der Waals surface area contributed by atoms with E-state index in [4.69, 9.17) is 11.6 Å². The zero-order chi connectivity index (χ0) is 12.4. The number of hydrogen-bond acceptors (Lipinski definition) is 2. The summed E-state index contributed by atoms with van der Waals surface area (Å²) in [5, 5.41) is 10.5. The molecule has 1 aromatic carbocycles. The van der Waals surface area contributed by atoms with Crippen LogP contribution in [0.2, 0.25) is 5.02 Å². The van der Waals surface area contributed by atoms with Crippen LogP contribution in [0.25, 0.3) is 0 Å². The summed E-state index contributed by atoms with van der Waals surface area (Å²) in [6, 6.07) is 5.64. The van der Waals surface area contributed by atoms with Gasteiger partial charge in [0.15, 0.2) is 0 Å². The van der Waals surface area contributed by atoms with E-state index in [1.165, 1.54) is 18.2 Å². The molecule has 2 nitrogen and oxygen atoms in total. The number of benzene rings is 1. The molecule has 0 spiro atoms. The van der Waals surface area contributed by atoms with E-state index in [1.807, 2.05) is 6.92 Å². The molecule has 1 aromatic heterocycles. The zero-order valence-electron chi connectivity index (χ0n) is 9.19. The Labute approximate surface area is 104 Å². The van der Waals surface area contributed by atoms with E-state index in [9.17, 15) is 9.50 Å². The second kappa shape index (κ2) is 4.82. The van der Waals surface area contributed by atoms with Gasteiger partial charge in [-0.1, -0.05) is 11.6 Å². The standard InChI is InChI=1S/C13H11ClFNO/c1-8-7-16-5-4-10(8)13(17)11-6-9(15)2-3-12(11)14/h2-7,13,17H,1H3. The smallest absolute Gasteiger partial charge is 0.123 e. The Morgan fingerprint density at radius 1 is 1.29 bits per heavy atom. The molecular weight excluding hydrogens is 241 g/mol. The number of aliphatic hydroxyl groups is 1. The Morgan fingerprint density at radius 3 is 2.76 bits per heavy atom. The number of aryl methyl sites for hydroxylation is 1. The minimum atomic E-state index is -0.943. The number of rotatable bonds is 2. The normalized spacial score (nSPS) is 12.5. The minimum absolute atomic E-state index is 0.343. The predicted octanol–water partition coefficient (Wildman–Crippen LogP) is 3.26. The van der Waals surface area contributed by atoms with Crippen molar-refractivity contribution in [2.45, 2.75) is 13.0 Å². The molecule has 2 rings (SSSR count). The highest BCUT2D eigenvalue weighted by Gasteiger charge is 2.16. The molecule has 0 aliphatic rings. The van der Waals surface area contributed by atoms with Gasteiger partial charge in [-0.15, -0.1) is 0 Å². The van der Waals surface area contributed by atoms with Gasteiger partial charge in [0.2, 0.25) is 0 Å². The Balaban J connectivity index is 2.47. The average molecular weight is 252 g/mol. The van der Waals surface area contributed by atoms with Crippen LogP contribution in [0.15, 0.2) is 36.7 Å². The molecule has 0 aliphatic carbocycles. The summed E-state index contributed by atoms with van der Waals surface area (Å²) in [6.07, 6.45) is 2.28. The summed E-state index contributed by atoms with van der Waals surface area (Å²) in [4.78, 5) is 3.94. The fraction of sp³-hybridized carbons (Fsp3) is 0.154. The fourth-order valence-corrected chi connectivity index (χ4v) is 1.90. The van der Waals surface area contributed by atoms with Crippen molar-refractivity contribution in [3.05, 3.63) is 64.2 Å². The Bertz CT molecular complexity index is 545. The van der Waals surface area contributed by atoms with Crippen LogP contribution in [0.1, 0.15) is 22.8 Å². The summed E-state index contributed by atoms with van der Waals surface area (Å²) < 4.78 is 13.1. The first-order valence-corrected chi connectivity index (χ1v) is 5.51. The average Bonchev–Trinajstić information content (AvgIpc) is 2.32. The van der Waals surface area contributed by atoms with Crippen LogP contribution in [0.4, 0.5) is 4.39 Å². The third kappa shape index (κ3) is 2.46. The van der Waals surface area contributed by atoms with E-state index in [-0.39, 0.29) is 0 Å². The van der Waals surface area contributed by atoms with Gasteiger partial charge in [-0.05, 0) is 42.3 Å². The molecule has 2 aromatic rings. The highest BCUT2D eigenvalue weighted by atomic mass is 35.5. The molecule has 0 aliphatic heterocycles. The summed E-state index contributed by atoms with van der Waals surface area (Å²) in [5.41, 5.74) is 1.87. The van der Waals surface area contributed by atoms with E-state index in [0.717, 1.165) is 5.56 Å². The highest BCUT2D eigenvalue weighted by molar-refractivity contribution is 6.31. The van der Waals surface area contributed by atoms with Gasteiger partial charge in [0, 0.05) is 23.0 Å². The molecule has 1 atom stereocenters. The molecule has 0 saturated carbocycles. The first-order chi connectivity index (χ1) is 8.09. The third-order valence-electron chi connectivity index (χ3n) is 2.61. The van der Waals surface area contributed by atoms with E-state index in [0.29, 0.717) is 16.1 Å². The molecule has 1 heterocycles. The van der Waals surface area contributed by atoms with Gasteiger partial charge in [-0.2, -0.15) is 0 Å². The van der Waals surface area contributed by atoms with Crippen molar-refractivity contribution in [2.75, 3.05) is 0 Å². The lowest BCUT2D eigenvalue weighted by atomic mass is 9.99. The molecule has 1 unspecified atom stereocenters. The summed E-state index contributed by atoms with van der Waals surface area (Å²) in [7, 11) is 0. The summed E-state index contributed by atoms with van der Waals surface area (Å²) in [6.45, 7) is 1.83. The maximum absolute atomic E-state index is 13.1. The number of aliphatic hydroxyl groups excluding tert-OH is 1. The molecule has 4 heteroatoms. The Kier molecular flexibility index (Phi) is 3.41. The monoisotopic (exact) mass is 251 g/mol. The van der Waals surface area contributed by atoms with Gasteiger partial charge in [0.1, 0.15) is 11.9 Å². The van der Waals surface area contributed by atoms with Crippen molar-refractivity contribution < 1.29 is 9.50 Å². The largest absolute Gasteiger partial charge is 0.384 e. The minimum Gasteiger partial charge on any atom is -0.384 e. The van der Waals surface area contributed by atoms with E-state index in [1.54, 1.807) is 18.5 Å². The van der Waals surface area contributed by atoms with Crippen molar-refractivity contribution in [1.82, 2.24) is 4.98 Å². The molecule has 0 amide bonds. The Morgan fingerprint density at radius 2 is 2.06 bits per heavy atom. The topological polar surface area (TPSA) is 33.1 Å². The highest BCUT2D eigenvalue weighted by Crippen LogP contribution is 2.30. The summed E-state index contributed by atoms with van der Waals surface area (Å²) >= 11 is 5.95. The molecule has 0 bridgehead atoms. The van der Waals surface area contributed by atoms with Crippen molar-refractivity contribution in [2.24, 2.45) is 0 Å². The fourth-order valence-electron chi connectivity index (χ4n) is 1.68. The molecule has 0 fully saturated rings. The first kappa shape index (κ1) is 12.0. The molecule has 0 radical (unpaired) electrons. The van der Waals surface area contributed by atoms with E-state index in [2.05, 4.69) is 4.98 Å². The van der Waals surface area contributed by atoms with Gasteiger partial charge >= 0.3 is 0 Å². The van der Waals surface area contributed by atoms with Crippen molar-refractivity contribution >= 4 is 11.6 Å². The van der Waals surface area contributed by atoms with Crippen molar-refractivity contribution in [3.63, 3.8) is 0 Å². The second-order valence-electron chi connectivity index (χ2n) is 3.80. The summed E-state index contributed by atoms with van der Waals surface area (Å²) in [5.74, 6) is -0.421. The second-order valence-corrected chi connectivity index (χ2v) is 4.21. The van der Waals surface area contributed by atoms with Gasteiger partial charge in [-0.25, -0.2) is 4.39 Å². The SMILES string of the molecule is Cc1cnccc1C(O)c1cc(F)ccc1Cl. The van der Waals surface area contributed by atoms with Crippen molar-refractivity contribution in [3.8, 4) is 0 Å². The quantitative estimate of drug-likeness (QED) is 0.889. The number of hydrogen-bond donors (Lipinski definition) is 1. The van der Waals surface area contributed by atoms with Crippen LogP contribution in [0, 0.1) is 12.7 Å². The van der Waals surface area contributed by atoms with Gasteiger partial charge in [0.25, 0.3) is 0 Å². The van der Waals surface area contributed by atoms with E-state index >= 15 is 0 Å². The molecule has 17 heavy (non-hydrogen) atoms. The van der Waals surface area contributed by atoms with E-state index < -0.39 is 11.9 Å². The maximum atomic E-state index is 13.1. The third-order valence-corrected chi connectivity index (χ3v) is 2.96. The van der Waals surface area contributed by atoms with Gasteiger partial charge < -0.3 is 5.11 Å². The molecule has 0 saturated heterocycles. The molecular formula is C13H11ClFNO.